The van der Waals surface area contributed by atoms with Crippen molar-refractivity contribution >= 4 is 17.8 Å². The summed E-state index contributed by atoms with van der Waals surface area (Å²) in [5.41, 5.74) is 5.71. The summed E-state index contributed by atoms with van der Waals surface area (Å²) >= 11 is 0. The van der Waals surface area contributed by atoms with Gasteiger partial charge in [-0.1, -0.05) is 20.3 Å². The summed E-state index contributed by atoms with van der Waals surface area (Å²) in [5.74, 6) is -2.29. The van der Waals surface area contributed by atoms with Gasteiger partial charge in [-0.05, 0) is 12.3 Å². The van der Waals surface area contributed by atoms with E-state index in [0.717, 1.165) is 0 Å². The fourth-order valence-corrected chi connectivity index (χ4v) is 1.40. The number of carbonyl (C=O) groups is 3. The highest BCUT2D eigenvalue weighted by molar-refractivity contribution is 5.87. The Morgan fingerprint density at radius 1 is 1.37 bits per heavy atom. The Balaban J connectivity index is 4.46. The summed E-state index contributed by atoms with van der Waals surface area (Å²) in [6.45, 7) is 3.71. The first-order chi connectivity index (χ1) is 8.83. The number of aliphatic carboxylic acids is 1. The van der Waals surface area contributed by atoms with Crippen LogP contribution in [0.4, 0.5) is 0 Å². The van der Waals surface area contributed by atoms with E-state index in [2.05, 4.69) is 10.1 Å². The molecule has 0 saturated heterocycles. The second kappa shape index (κ2) is 8.47. The number of carboxylic acids is 1. The van der Waals surface area contributed by atoms with Crippen molar-refractivity contribution in [3.8, 4) is 0 Å². The maximum atomic E-state index is 11.8. The van der Waals surface area contributed by atoms with Crippen LogP contribution in [0.25, 0.3) is 0 Å². The summed E-state index contributed by atoms with van der Waals surface area (Å²) in [6, 6.07) is -1.90. The molecule has 0 aliphatic heterocycles. The highest BCUT2D eigenvalue weighted by Crippen LogP contribution is 2.07. The van der Waals surface area contributed by atoms with E-state index in [1.54, 1.807) is 0 Å². The van der Waals surface area contributed by atoms with Crippen LogP contribution >= 0.6 is 0 Å². The highest BCUT2D eigenvalue weighted by Gasteiger charge is 2.26. The van der Waals surface area contributed by atoms with Gasteiger partial charge in [0.1, 0.15) is 6.04 Å². The molecule has 0 aromatic rings. The van der Waals surface area contributed by atoms with Crippen molar-refractivity contribution in [3.63, 3.8) is 0 Å². The number of rotatable bonds is 8. The molecule has 0 aromatic carbocycles. The second-order valence-corrected chi connectivity index (χ2v) is 4.43. The number of amides is 1. The molecular weight excluding hydrogens is 252 g/mol. The number of carboxylic acid groups (broad SMARTS) is 1. The van der Waals surface area contributed by atoms with Gasteiger partial charge in [-0.2, -0.15) is 0 Å². The van der Waals surface area contributed by atoms with Crippen LogP contribution in [0.1, 0.15) is 33.1 Å². The average molecular weight is 274 g/mol. The summed E-state index contributed by atoms with van der Waals surface area (Å²) in [4.78, 5) is 33.7. The summed E-state index contributed by atoms with van der Waals surface area (Å²) < 4.78 is 4.42. The third kappa shape index (κ3) is 6.19. The van der Waals surface area contributed by atoms with Crippen molar-refractivity contribution in [1.29, 1.82) is 0 Å². The molecule has 110 valence electrons. The van der Waals surface area contributed by atoms with Gasteiger partial charge in [0.25, 0.3) is 0 Å². The predicted molar refractivity (Wildman–Crippen MR) is 68.2 cm³/mol. The van der Waals surface area contributed by atoms with Crippen molar-refractivity contribution < 1.29 is 24.2 Å². The number of carbonyl (C=O) groups excluding carboxylic acids is 2. The molecule has 1 amide bonds. The number of methoxy groups -OCH3 is 1. The van der Waals surface area contributed by atoms with Crippen LogP contribution in [0.15, 0.2) is 0 Å². The molecule has 7 heteroatoms. The lowest BCUT2D eigenvalue weighted by Crippen LogP contribution is -2.50. The number of hydrogen-bond donors (Lipinski definition) is 3. The summed E-state index contributed by atoms with van der Waals surface area (Å²) in [7, 11) is 1.22. The standard InChI is InChI=1S/C12H22N2O5/c1-4-7(2)10(13)11(16)14-8(12(17)18)5-6-9(15)19-3/h7-8,10H,4-6,13H2,1-3H3,(H,14,16)(H,17,18). The monoisotopic (exact) mass is 274 g/mol. The highest BCUT2D eigenvalue weighted by atomic mass is 16.5. The normalized spacial score (nSPS) is 15.2. The van der Waals surface area contributed by atoms with Crippen LogP contribution in [0.5, 0.6) is 0 Å². The zero-order valence-electron chi connectivity index (χ0n) is 11.5. The fraction of sp³-hybridized carbons (Fsp3) is 0.750. The zero-order chi connectivity index (χ0) is 15.0. The van der Waals surface area contributed by atoms with Crippen molar-refractivity contribution in [1.82, 2.24) is 5.32 Å². The Morgan fingerprint density at radius 2 is 1.95 bits per heavy atom. The van der Waals surface area contributed by atoms with E-state index < -0.39 is 29.9 Å². The number of ether oxygens (including phenoxy) is 1. The maximum Gasteiger partial charge on any atom is 0.326 e. The van der Waals surface area contributed by atoms with Crippen LogP contribution < -0.4 is 11.1 Å². The van der Waals surface area contributed by atoms with E-state index in [9.17, 15) is 14.4 Å². The van der Waals surface area contributed by atoms with Gasteiger partial charge >= 0.3 is 11.9 Å². The third-order valence-corrected chi connectivity index (χ3v) is 3.04. The molecule has 0 bridgehead atoms. The molecule has 0 spiro atoms. The molecule has 0 fully saturated rings. The van der Waals surface area contributed by atoms with Crippen LogP contribution in [-0.2, 0) is 19.1 Å². The molecule has 0 heterocycles. The molecular formula is C12H22N2O5. The molecule has 0 aliphatic rings. The Morgan fingerprint density at radius 3 is 2.37 bits per heavy atom. The topological polar surface area (TPSA) is 119 Å². The molecule has 4 N–H and O–H groups in total. The molecule has 0 aliphatic carbocycles. The SMILES string of the molecule is CCC(C)C(N)C(=O)NC(CCC(=O)OC)C(=O)O. The van der Waals surface area contributed by atoms with E-state index >= 15 is 0 Å². The second-order valence-electron chi connectivity index (χ2n) is 4.43. The number of esters is 1. The minimum absolute atomic E-state index is 0.0268. The van der Waals surface area contributed by atoms with E-state index in [1.807, 2.05) is 13.8 Å². The first-order valence-electron chi connectivity index (χ1n) is 6.19. The number of nitrogens with one attached hydrogen (secondary N) is 1. The van der Waals surface area contributed by atoms with Gasteiger partial charge in [0, 0.05) is 6.42 Å². The van der Waals surface area contributed by atoms with E-state index in [-0.39, 0.29) is 18.8 Å². The van der Waals surface area contributed by atoms with Crippen LogP contribution in [0.2, 0.25) is 0 Å². The lowest BCUT2D eigenvalue weighted by Gasteiger charge is -2.20. The van der Waals surface area contributed by atoms with E-state index in [0.29, 0.717) is 6.42 Å². The first kappa shape index (κ1) is 17.4. The zero-order valence-corrected chi connectivity index (χ0v) is 11.5. The molecule has 7 nitrogen and oxygen atoms in total. The maximum absolute atomic E-state index is 11.8. The lowest BCUT2D eigenvalue weighted by atomic mass is 9.99. The van der Waals surface area contributed by atoms with Crippen LogP contribution in [0.3, 0.4) is 0 Å². The van der Waals surface area contributed by atoms with Crippen molar-refractivity contribution in [2.24, 2.45) is 11.7 Å². The minimum atomic E-state index is -1.20. The summed E-state index contributed by atoms with van der Waals surface area (Å²) in [5, 5.41) is 11.3. The molecule has 0 saturated carbocycles. The first-order valence-corrected chi connectivity index (χ1v) is 6.19. The van der Waals surface area contributed by atoms with E-state index in [4.69, 9.17) is 10.8 Å². The Labute approximate surface area is 112 Å². The van der Waals surface area contributed by atoms with Gasteiger partial charge in [-0.25, -0.2) is 4.79 Å². The fourth-order valence-electron chi connectivity index (χ4n) is 1.40. The smallest absolute Gasteiger partial charge is 0.326 e. The van der Waals surface area contributed by atoms with Crippen LogP contribution in [0, 0.1) is 5.92 Å². The van der Waals surface area contributed by atoms with E-state index in [1.165, 1.54) is 7.11 Å². The van der Waals surface area contributed by atoms with Gasteiger partial charge < -0.3 is 20.9 Å². The Hall–Kier alpha value is -1.63. The molecule has 3 atom stereocenters. The minimum Gasteiger partial charge on any atom is -0.480 e. The Kier molecular flexibility index (Phi) is 7.74. The largest absolute Gasteiger partial charge is 0.480 e. The van der Waals surface area contributed by atoms with Crippen molar-refractivity contribution in [3.05, 3.63) is 0 Å². The van der Waals surface area contributed by atoms with Gasteiger partial charge in [0.15, 0.2) is 0 Å². The molecule has 3 unspecified atom stereocenters. The van der Waals surface area contributed by atoms with Crippen molar-refractivity contribution in [2.45, 2.75) is 45.2 Å². The Bertz CT molecular complexity index is 332. The average Bonchev–Trinajstić information content (AvgIpc) is 2.40. The van der Waals surface area contributed by atoms with Gasteiger partial charge in [0.2, 0.25) is 5.91 Å². The molecule has 19 heavy (non-hydrogen) atoms. The predicted octanol–water partition coefficient (Wildman–Crippen LogP) is -0.118. The van der Waals surface area contributed by atoms with Gasteiger partial charge in [-0.15, -0.1) is 0 Å². The number of nitrogens with two attached hydrogens (primary N) is 1. The lowest BCUT2D eigenvalue weighted by molar-refractivity contribution is -0.144. The summed E-state index contributed by atoms with van der Waals surface area (Å²) in [6.07, 6.45) is 0.613. The molecule has 0 aromatic heterocycles. The number of hydrogen-bond acceptors (Lipinski definition) is 5. The van der Waals surface area contributed by atoms with Gasteiger partial charge in [0.05, 0.1) is 13.2 Å². The molecule has 0 radical (unpaired) electrons. The van der Waals surface area contributed by atoms with Gasteiger partial charge in [-0.3, -0.25) is 9.59 Å². The quantitative estimate of drug-likeness (QED) is 0.531. The molecule has 0 rings (SSSR count). The van der Waals surface area contributed by atoms with Crippen LogP contribution in [-0.4, -0.2) is 42.1 Å². The third-order valence-electron chi connectivity index (χ3n) is 3.04. The van der Waals surface area contributed by atoms with Crippen molar-refractivity contribution in [2.75, 3.05) is 7.11 Å².